The highest BCUT2D eigenvalue weighted by atomic mass is 35.5. The second kappa shape index (κ2) is 5.83. The fourth-order valence-corrected chi connectivity index (χ4v) is 1.94. The van der Waals surface area contributed by atoms with Crippen LogP contribution in [0.4, 0.5) is 10.1 Å². The molecule has 0 aliphatic carbocycles. The van der Waals surface area contributed by atoms with Crippen molar-refractivity contribution in [3.63, 3.8) is 0 Å². The van der Waals surface area contributed by atoms with Crippen LogP contribution in [0, 0.1) is 15.9 Å². The third kappa shape index (κ3) is 2.95. The van der Waals surface area contributed by atoms with Crippen LogP contribution in [-0.2, 0) is 0 Å². The van der Waals surface area contributed by atoms with E-state index in [9.17, 15) is 14.5 Å². The van der Waals surface area contributed by atoms with Crippen LogP contribution in [0.15, 0.2) is 30.3 Å². The van der Waals surface area contributed by atoms with Crippen LogP contribution in [0.1, 0.15) is 0 Å². The molecule has 0 aliphatic rings. The molecule has 0 heterocycles. The molecular formula is C12H5Cl3FNO3. The number of nitro benzene ring substituents is 1. The van der Waals surface area contributed by atoms with Gasteiger partial charge in [-0.05, 0) is 12.1 Å². The second-order valence-electron chi connectivity index (χ2n) is 3.65. The molecule has 2 rings (SSSR count). The van der Waals surface area contributed by atoms with Crippen LogP contribution < -0.4 is 4.74 Å². The number of halogens is 4. The van der Waals surface area contributed by atoms with E-state index >= 15 is 0 Å². The number of rotatable bonds is 3. The summed E-state index contributed by atoms with van der Waals surface area (Å²) < 4.78 is 18.8. The predicted molar refractivity (Wildman–Crippen MR) is 74.6 cm³/mol. The number of benzene rings is 2. The molecular weight excluding hydrogens is 331 g/mol. The van der Waals surface area contributed by atoms with Gasteiger partial charge in [-0.3, -0.25) is 10.1 Å². The molecule has 4 nitrogen and oxygen atoms in total. The highest BCUT2D eigenvalue weighted by Crippen LogP contribution is 2.38. The van der Waals surface area contributed by atoms with E-state index in [1.165, 1.54) is 6.07 Å². The molecule has 0 saturated heterocycles. The fourth-order valence-electron chi connectivity index (χ4n) is 1.42. The van der Waals surface area contributed by atoms with Gasteiger partial charge in [0, 0.05) is 12.1 Å². The average Bonchev–Trinajstić information content (AvgIpc) is 2.38. The standard InChI is InChI=1S/C12H5Cl3FNO3/c13-6-2-1-3-10(12(6)15)20-11-5-8(16)9(17(18)19)4-7(11)14/h1-5H. The molecule has 20 heavy (non-hydrogen) atoms. The molecule has 2 aromatic carbocycles. The molecule has 0 spiro atoms. The van der Waals surface area contributed by atoms with Crippen molar-refractivity contribution in [1.82, 2.24) is 0 Å². The summed E-state index contributed by atoms with van der Waals surface area (Å²) in [7, 11) is 0. The fraction of sp³-hybridized carbons (Fsp3) is 0. The Morgan fingerprint density at radius 3 is 2.45 bits per heavy atom. The number of hydrogen-bond donors (Lipinski definition) is 0. The maximum Gasteiger partial charge on any atom is 0.306 e. The van der Waals surface area contributed by atoms with Crippen molar-refractivity contribution in [2.75, 3.05) is 0 Å². The minimum atomic E-state index is -1.06. The molecule has 0 N–H and O–H groups in total. The molecule has 0 aliphatic heterocycles. The lowest BCUT2D eigenvalue weighted by Gasteiger charge is -2.10. The van der Waals surface area contributed by atoms with E-state index < -0.39 is 16.4 Å². The summed E-state index contributed by atoms with van der Waals surface area (Å²) in [6.07, 6.45) is 0. The molecule has 0 aromatic heterocycles. The third-order valence-corrected chi connectivity index (χ3v) is 3.43. The smallest absolute Gasteiger partial charge is 0.306 e. The summed E-state index contributed by atoms with van der Waals surface area (Å²) in [6, 6.07) is 6.32. The highest BCUT2D eigenvalue weighted by Gasteiger charge is 2.19. The Balaban J connectivity index is 2.42. The van der Waals surface area contributed by atoms with Gasteiger partial charge in [-0.15, -0.1) is 0 Å². The lowest BCUT2D eigenvalue weighted by atomic mass is 10.3. The first-order valence-corrected chi connectivity index (χ1v) is 6.29. The lowest BCUT2D eigenvalue weighted by molar-refractivity contribution is -0.387. The maximum atomic E-state index is 13.5. The average molecular weight is 337 g/mol. The van der Waals surface area contributed by atoms with Gasteiger partial charge in [0.2, 0.25) is 5.82 Å². The van der Waals surface area contributed by atoms with Gasteiger partial charge in [0.15, 0.2) is 0 Å². The first kappa shape index (κ1) is 14.8. The van der Waals surface area contributed by atoms with Crippen molar-refractivity contribution in [3.05, 3.63) is 61.3 Å². The molecule has 104 valence electrons. The van der Waals surface area contributed by atoms with Crippen LogP contribution in [0.25, 0.3) is 0 Å². The molecule has 0 amide bonds. The largest absolute Gasteiger partial charge is 0.454 e. The molecule has 0 saturated carbocycles. The number of nitro groups is 1. The Morgan fingerprint density at radius 2 is 1.80 bits per heavy atom. The van der Waals surface area contributed by atoms with Gasteiger partial charge >= 0.3 is 5.69 Å². The van der Waals surface area contributed by atoms with E-state index in [1.54, 1.807) is 12.1 Å². The number of hydrogen-bond acceptors (Lipinski definition) is 3. The van der Waals surface area contributed by atoms with Crippen LogP contribution in [0.3, 0.4) is 0 Å². The number of nitrogens with zero attached hydrogens (tertiary/aromatic N) is 1. The monoisotopic (exact) mass is 335 g/mol. The van der Waals surface area contributed by atoms with Crippen LogP contribution in [0.5, 0.6) is 11.5 Å². The van der Waals surface area contributed by atoms with Crippen LogP contribution in [-0.4, -0.2) is 4.92 Å². The van der Waals surface area contributed by atoms with E-state index in [0.717, 1.165) is 12.1 Å². The lowest BCUT2D eigenvalue weighted by Crippen LogP contribution is -1.94. The minimum absolute atomic E-state index is 0.0982. The van der Waals surface area contributed by atoms with Gasteiger partial charge in [0.05, 0.1) is 15.0 Å². The summed E-state index contributed by atoms with van der Waals surface area (Å²) in [5.74, 6) is -0.999. The van der Waals surface area contributed by atoms with Gasteiger partial charge in [0.1, 0.15) is 16.5 Å². The SMILES string of the molecule is O=[N+]([O-])c1cc(Cl)c(Oc2cccc(Cl)c2Cl)cc1F. The van der Waals surface area contributed by atoms with Crippen molar-refractivity contribution in [2.45, 2.75) is 0 Å². The van der Waals surface area contributed by atoms with E-state index in [0.29, 0.717) is 0 Å². The van der Waals surface area contributed by atoms with Crippen molar-refractivity contribution in [1.29, 1.82) is 0 Å². The van der Waals surface area contributed by atoms with Gasteiger partial charge in [-0.25, -0.2) is 0 Å². The molecule has 2 aromatic rings. The maximum absolute atomic E-state index is 13.5. The third-order valence-electron chi connectivity index (χ3n) is 2.33. The van der Waals surface area contributed by atoms with E-state index in [1.807, 2.05) is 0 Å². The van der Waals surface area contributed by atoms with Gasteiger partial charge in [-0.1, -0.05) is 40.9 Å². The number of ether oxygens (including phenoxy) is 1. The van der Waals surface area contributed by atoms with Gasteiger partial charge < -0.3 is 4.74 Å². The van der Waals surface area contributed by atoms with Crippen molar-refractivity contribution >= 4 is 40.5 Å². The van der Waals surface area contributed by atoms with Crippen LogP contribution >= 0.6 is 34.8 Å². The topological polar surface area (TPSA) is 52.4 Å². The molecule has 0 unspecified atom stereocenters. The first-order valence-electron chi connectivity index (χ1n) is 5.15. The Bertz CT molecular complexity index is 694. The zero-order valence-electron chi connectivity index (χ0n) is 9.57. The molecule has 0 fully saturated rings. The van der Waals surface area contributed by atoms with Crippen molar-refractivity contribution in [3.8, 4) is 11.5 Å². The summed E-state index contributed by atoms with van der Waals surface area (Å²) in [4.78, 5) is 9.69. The highest BCUT2D eigenvalue weighted by molar-refractivity contribution is 6.43. The van der Waals surface area contributed by atoms with Gasteiger partial charge in [0.25, 0.3) is 0 Å². The normalized spacial score (nSPS) is 10.4. The zero-order chi connectivity index (χ0) is 14.9. The van der Waals surface area contributed by atoms with Crippen molar-refractivity contribution in [2.24, 2.45) is 0 Å². The van der Waals surface area contributed by atoms with Gasteiger partial charge in [-0.2, -0.15) is 4.39 Å². The summed E-state index contributed by atoms with van der Waals surface area (Å²) in [5, 5.41) is 10.8. The Kier molecular flexibility index (Phi) is 4.32. The van der Waals surface area contributed by atoms with E-state index in [-0.39, 0.29) is 26.6 Å². The Labute approximate surface area is 127 Å². The summed E-state index contributed by atoms with van der Waals surface area (Å²) in [5.41, 5.74) is -0.737. The second-order valence-corrected chi connectivity index (χ2v) is 4.84. The van der Waals surface area contributed by atoms with E-state index in [4.69, 9.17) is 39.5 Å². The van der Waals surface area contributed by atoms with Crippen molar-refractivity contribution < 1.29 is 14.1 Å². The molecule has 0 atom stereocenters. The Hall–Kier alpha value is -1.56. The zero-order valence-corrected chi connectivity index (χ0v) is 11.8. The van der Waals surface area contributed by atoms with Crippen LogP contribution in [0.2, 0.25) is 15.1 Å². The predicted octanol–water partition coefficient (Wildman–Crippen LogP) is 5.49. The minimum Gasteiger partial charge on any atom is -0.454 e. The summed E-state index contributed by atoms with van der Waals surface area (Å²) in [6.45, 7) is 0. The molecule has 8 heteroatoms. The van der Waals surface area contributed by atoms with E-state index in [2.05, 4.69) is 0 Å². The summed E-state index contributed by atoms with van der Waals surface area (Å²) >= 11 is 17.5. The quantitative estimate of drug-likeness (QED) is 0.550. The first-order chi connectivity index (χ1) is 9.40. The molecule has 0 radical (unpaired) electrons. The Morgan fingerprint density at radius 1 is 1.10 bits per heavy atom. The molecule has 0 bridgehead atoms.